The Kier molecular flexibility index (Phi) is 5.84. The van der Waals surface area contributed by atoms with E-state index in [0.29, 0.717) is 31.1 Å². The van der Waals surface area contributed by atoms with Crippen molar-refractivity contribution in [1.29, 1.82) is 0 Å². The van der Waals surface area contributed by atoms with Gasteiger partial charge in [-0.2, -0.15) is 0 Å². The van der Waals surface area contributed by atoms with E-state index >= 15 is 0 Å². The number of ether oxygens (including phenoxy) is 1. The monoisotopic (exact) mass is 414 g/mol. The third-order valence-electron chi connectivity index (χ3n) is 5.39. The van der Waals surface area contributed by atoms with Crippen LogP contribution in [-0.2, 0) is 14.3 Å². The van der Waals surface area contributed by atoms with E-state index in [0.717, 1.165) is 25.5 Å². The number of anilines is 2. The predicted octanol–water partition coefficient (Wildman–Crippen LogP) is 1.50. The molecule has 158 valence electrons. The second kappa shape index (κ2) is 8.70. The molecular formula is C20H23FN6O3. The van der Waals surface area contributed by atoms with E-state index in [4.69, 9.17) is 10.5 Å². The predicted molar refractivity (Wildman–Crippen MR) is 107 cm³/mol. The van der Waals surface area contributed by atoms with Crippen LogP contribution in [0.3, 0.4) is 0 Å². The van der Waals surface area contributed by atoms with Gasteiger partial charge in [-0.05, 0) is 31.4 Å². The zero-order valence-corrected chi connectivity index (χ0v) is 16.4. The number of carbonyl (C=O) groups excluding carboxylic acids is 2. The van der Waals surface area contributed by atoms with Gasteiger partial charge in [0, 0.05) is 12.0 Å². The van der Waals surface area contributed by atoms with Gasteiger partial charge in [-0.3, -0.25) is 14.5 Å². The highest BCUT2D eigenvalue weighted by Gasteiger charge is 2.26. The number of nitrogens with two attached hydrogens (primary N) is 1. The molecule has 10 heteroatoms. The first-order valence-electron chi connectivity index (χ1n) is 9.95. The Bertz CT molecular complexity index is 956. The molecule has 3 N–H and O–H groups in total. The quantitative estimate of drug-likeness (QED) is 0.760. The van der Waals surface area contributed by atoms with E-state index in [-0.39, 0.29) is 42.0 Å². The number of rotatable bonds is 5. The number of carbonyl (C=O) groups is 2. The molecule has 1 saturated heterocycles. The van der Waals surface area contributed by atoms with Crippen molar-refractivity contribution in [2.24, 2.45) is 11.7 Å². The molecule has 1 aliphatic heterocycles. The zero-order chi connectivity index (χ0) is 21.1. The second-order valence-corrected chi connectivity index (χ2v) is 7.48. The van der Waals surface area contributed by atoms with Crippen molar-refractivity contribution >= 4 is 23.6 Å². The topological polar surface area (TPSA) is 123 Å². The van der Waals surface area contributed by atoms with Gasteiger partial charge in [0.2, 0.25) is 11.9 Å². The lowest BCUT2D eigenvalue weighted by Crippen LogP contribution is -2.42. The van der Waals surface area contributed by atoms with Gasteiger partial charge in [0.25, 0.3) is 5.91 Å². The summed E-state index contributed by atoms with van der Waals surface area (Å²) in [6.45, 7) is 0.799. The van der Waals surface area contributed by atoms with Crippen LogP contribution in [0, 0.1) is 11.7 Å². The van der Waals surface area contributed by atoms with Crippen LogP contribution in [0.5, 0.6) is 0 Å². The molecule has 3 heterocycles. The van der Waals surface area contributed by atoms with Crippen LogP contribution in [0.15, 0.2) is 24.4 Å². The van der Waals surface area contributed by atoms with Crippen molar-refractivity contribution in [3.05, 3.63) is 30.2 Å². The van der Waals surface area contributed by atoms with Crippen molar-refractivity contribution in [2.75, 3.05) is 30.0 Å². The minimum absolute atomic E-state index is 0.00444. The number of hydrogen-bond donors (Lipinski definition) is 2. The number of hydrogen-bond acceptors (Lipinski definition) is 7. The lowest BCUT2D eigenvalue weighted by molar-refractivity contribution is -0.125. The van der Waals surface area contributed by atoms with Gasteiger partial charge in [0.15, 0.2) is 5.82 Å². The number of pyridine rings is 1. The number of nitrogens with one attached hydrogen (secondary N) is 1. The summed E-state index contributed by atoms with van der Waals surface area (Å²) in [6, 6.07) is 5.01. The van der Waals surface area contributed by atoms with E-state index in [9.17, 15) is 14.0 Å². The molecule has 2 amide bonds. The maximum Gasteiger partial charge on any atom is 0.254 e. The van der Waals surface area contributed by atoms with Gasteiger partial charge in [-0.25, -0.2) is 19.3 Å². The highest BCUT2D eigenvalue weighted by Crippen LogP contribution is 2.27. The van der Waals surface area contributed by atoms with E-state index in [2.05, 4.69) is 20.3 Å². The maximum absolute atomic E-state index is 14.5. The molecule has 2 atom stereocenters. The van der Waals surface area contributed by atoms with E-state index in [1.54, 1.807) is 18.2 Å². The lowest BCUT2D eigenvalue weighted by atomic mass is 9.85. The van der Waals surface area contributed by atoms with E-state index in [1.807, 2.05) is 0 Å². The molecular weight excluding hydrogens is 391 g/mol. The normalized spacial score (nSPS) is 22.0. The number of nitrogens with zero attached hydrogens (tertiary/aromatic N) is 4. The summed E-state index contributed by atoms with van der Waals surface area (Å²) < 4.78 is 19.6. The summed E-state index contributed by atoms with van der Waals surface area (Å²) in [7, 11) is 0. The van der Waals surface area contributed by atoms with Crippen LogP contribution >= 0.6 is 0 Å². The van der Waals surface area contributed by atoms with Crippen LogP contribution in [-0.4, -0.2) is 52.6 Å². The summed E-state index contributed by atoms with van der Waals surface area (Å²) in [5.41, 5.74) is 5.78. The second-order valence-electron chi connectivity index (χ2n) is 7.48. The van der Waals surface area contributed by atoms with Gasteiger partial charge in [-0.15, -0.1) is 0 Å². The third-order valence-corrected chi connectivity index (χ3v) is 5.39. The van der Waals surface area contributed by atoms with Gasteiger partial charge >= 0.3 is 0 Å². The molecule has 2 aliphatic rings. The fraction of sp³-hybridized carbons (Fsp3) is 0.450. The van der Waals surface area contributed by atoms with E-state index in [1.165, 1.54) is 4.90 Å². The first kappa shape index (κ1) is 20.1. The molecule has 2 fully saturated rings. The molecule has 4 rings (SSSR count). The maximum atomic E-state index is 14.5. The number of aromatic nitrogens is 3. The highest BCUT2D eigenvalue weighted by molar-refractivity contribution is 5.94. The fourth-order valence-corrected chi connectivity index (χ4v) is 3.84. The van der Waals surface area contributed by atoms with Crippen molar-refractivity contribution in [1.82, 2.24) is 15.0 Å². The average Bonchev–Trinajstić information content (AvgIpc) is 2.76. The van der Waals surface area contributed by atoms with E-state index < -0.39 is 5.82 Å². The minimum atomic E-state index is -0.614. The molecule has 2 aromatic rings. The van der Waals surface area contributed by atoms with Crippen LogP contribution in [0.2, 0.25) is 0 Å². The largest absolute Gasteiger partial charge is 0.370 e. The van der Waals surface area contributed by atoms with Crippen molar-refractivity contribution in [3.63, 3.8) is 0 Å². The Labute approximate surface area is 172 Å². The van der Waals surface area contributed by atoms with Crippen molar-refractivity contribution < 1.29 is 18.7 Å². The Hall–Kier alpha value is -3.14. The van der Waals surface area contributed by atoms with Crippen LogP contribution in [0.1, 0.15) is 25.7 Å². The SMILES string of the molecule is NC(=O)C1CCCC(Nc2ncc(F)c(-c3cccc(N4CCOCC4=O)n3)n2)C1. The summed E-state index contributed by atoms with van der Waals surface area (Å²) in [5.74, 6) is -0.614. The number of primary amides is 1. The van der Waals surface area contributed by atoms with Crippen LogP contribution < -0.4 is 16.0 Å². The molecule has 0 radical (unpaired) electrons. The van der Waals surface area contributed by atoms with Crippen LogP contribution in [0.25, 0.3) is 11.4 Å². The number of halogens is 1. The highest BCUT2D eigenvalue weighted by atomic mass is 19.1. The van der Waals surface area contributed by atoms with Gasteiger partial charge in [-0.1, -0.05) is 12.5 Å². The molecule has 1 aliphatic carbocycles. The molecule has 1 saturated carbocycles. The zero-order valence-electron chi connectivity index (χ0n) is 16.4. The Morgan fingerprint density at radius 3 is 2.97 bits per heavy atom. The molecule has 0 aromatic carbocycles. The molecule has 2 unspecified atom stereocenters. The summed E-state index contributed by atoms with van der Waals surface area (Å²) in [6.07, 6.45) is 4.19. The Morgan fingerprint density at radius 2 is 2.17 bits per heavy atom. The Morgan fingerprint density at radius 1 is 1.30 bits per heavy atom. The smallest absolute Gasteiger partial charge is 0.254 e. The summed E-state index contributed by atoms with van der Waals surface area (Å²) in [4.78, 5) is 37.8. The number of amides is 2. The fourth-order valence-electron chi connectivity index (χ4n) is 3.84. The average molecular weight is 414 g/mol. The summed E-state index contributed by atoms with van der Waals surface area (Å²) >= 11 is 0. The van der Waals surface area contributed by atoms with Crippen molar-refractivity contribution in [3.8, 4) is 11.4 Å². The third kappa shape index (κ3) is 4.38. The van der Waals surface area contributed by atoms with Crippen LogP contribution in [0.4, 0.5) is 16.2 Å². The standard InChI is InChI=1S/C20H23FN6O3/c21-14-10-23-20(24-13-4-1-3-12(9-13)19(22)29)26-18(14)15-5-2-6-16(25-15)27-7-8-30-11-17(27)28/h2,5-6,10,12-13H,1,3-4,7-9,11H2,(H2,22,29)(H,23,24,26). The lowest BCUT2D eigenvalue weighted by Gasteiger charge is -2.28. The first-order chi connectivity index (χ1) is 14.5. The minimum Gasteiger partial charge on any atom is -0.370 e. The van der Waals surface area contributed by atoms with Gasteiger partial charge in [0.1, 0.15) is 18.1 Å². The molecule has 0 bridgehead atoms. The molecule has 0 spiro atoms. The molecule has 30 heavy (non-hydrogen) atoms. The Balaban J connectivity index is 1.56. The van der Waals surface area contributed by atoms with Gasteiger partial charge in [0.05, 0.1) is 25.0 Å². The number of morpholine rings is 1. The first-order valence-corrected chi connectivity index (χ1v) is 9.95. The summed E-state index contributed by atoms with van der Waals surface area (Å²) in [5, 5.41) is 3.18. The van der Waals surface area contributed by atoms with Gasteiger partial charge < -0.3 is 15.8 Å². The molecule has 9 nitrogen and oxygen atoms in total. The van der Waals surface area contributed by atoms with Crippen molar-refractivity contribution in [2.45, 2.75) is 31.7 Å². The molecule has 2 aromatic heterocycles.